The summed E-state index contributed by atoms with van der Waals surface area (Å²) in [4.78, 5) is 2.63. The van der Waals surface area contributed by atoms with Crippen LogP contribution in [0.5, 0.6) is 0 Å². The van der Waals surface area contributed by atoms with Crippen molar-refractivity contribution in [1.82, 2.24) is 5.32 Å². The highest BCUT2D eigenvalue weighted by Gasteiger charge is 2.39. The van der Waals surface area contributed by atoms with Gasteiger partial charge in [-0.1, -0.05) is 74.7 Å². The minimum atomic E-state index is 0.0655. The predicted molar refractivity (Wildman–Crippen MR) is 98.9 cm³/mol. The van der Waals surface area contributed by atoms with Crippen LogP contribution in [0.3, 0.4) is 0 Å². The molecule has 122 valence electrons. The van der Waals surface area contributed by atoms with Crippen LogP contribution in [-0.4, -0.2) is 19.6 Å². The summed E-state index contributed by atoms with van der Waals surface area (Å²) in [6.07, 6.45) is 5.05. The third-order valence-electron chi connectivity index (χ3n) is 5.02. The van der Waals surface area contributed by atoms with Crippen molar-refractivity contribution in [2.45, 2.75) is 38.1 Å². The van der Waals surface area contributed by atoms with E-state index in [2.05, 4.69) is 77.8 Å². The maximum atomic E-state index is 3.66. The molecule has 0 radical (unpaired) electrons. The number of hydrogen-bond acceptors (Lipinski definition) is 2. The first-order chi connectivity index (χ1) is 11.4. The van der Waals surface area contributed by atoms with E-state index >= 15 is 0 Å². The van der Waals surface area contributed by atoms with Crippen LogP contribution in [0.1, 0.15) is 38.2 Å². The Morgan fingerprint density at radius 2 is 1.65 bits per heavy atom. The fourth-order valence-electron chi connectivity index (χ4n) is 3.82. The Hall–Kier alpha value is -1.80. The van der Waals surface area contributed by atoms with Crippen LogP contribution in [0.2, 0.25) is 0 Å². The molecule has 2 nitrogen and oxygen atoms in total. The van der Waals surface area contributed by atoms with Crippen LogP contribution in [0.4, 0.5) is 5.69 Å². The number of unbranched alkanes of at least 4 members (excludes halogenated alkanes) is 2. The molecular weight excluding hydrogens is 280 g/mol. The molecule has 3 rings (SSSR count). The van der Waals surface area contributed by atoms with Crippen molar-refractivity contribution in [3.8, 4) is 0 Å². The lowest BCUT2D eigenvalue weighted by Gasteiger charge is -2.49. The Balaban J connectivity index is 2.00. The van der Waals surface area contributed by atoms with Crippen molar-refractivity contribution >= 4 is 5.69 Å². The summed E-state index contributed by atoms with van der Waals surface area (Å²) in [6, 6.07) is 22.0. The van der Waals surface area contributed by atoms with Gasteiger partial charge in [-0.15, -0.1) is 0 Å². The molecule has 2 heteroatoms. The first kappa shape index (κ1) is 16.1. The summed E-state index contributed by atoms with van der Waals surface area (Å²) in [7, 11) is 0. The first-order valence-corrected chi connectivity index (χ1v) is 8.96. The molecule has 0 aliphatic carbocycles. The molecular formula is C21H28N2. The van der Waals surface area contributed by atoms with Crippen molar-refractivity contribution in [2.75, 3.05) is 24.5 Å². The molecule has 1 aliphatic rings. The van der Waals surface area contributed by atoms with Crippen LogP contribution in [0.25, 0.3) is 0 Å². The van der Waals surface area contributed by atoms with E-state index in [1.165, 1.54) is 36.9 Å². The average molecular weight is 308 g/mol. The Labute approximate surface area is 140 Å². The fraction of sp³-hybridized carbons (Fsp3) is 0.429. The van der Waals surface area contributed by atoms with Crippen molar-refractivity contribution in [1.29, 1.82) is 0 Å². The van der Waals surface area contributed by atoms with E-state index in [-0.39, 0.29) is 5.54 Å². The Bertz CT molecular complexity index is 581. The standard InChI is InChI=1S/C21H28N2/c1-2-3-10-15-21(19-11-6-4-7-12-19)18-22-16-17-23(21)20-13-8-5-9-14-20/h4-9,11-14,22H,2-3,10,15-18H2,1H3. The highest BCUT2D eigenvalue weighted by atomic mass is 15.3. The SMILES string of the molecule is CCCCCC1(c2ccccc2)CNCCN1c1ccccc1. The third-order valence-corrected chi connectivity index (χ3v) is 5.02. The highest BCUT2D eigenvalue weighted by Crippen LogP contribution is 2.38. The molecule has 2 aromatic carbocycles. The Morgan fingerprint density at radius 1 is 0.957 bits per heavy atom. The quantitative estimate of drug-likeness (QED) is 0.786. The third kappa shape index (κ3) is 3.42. The molecule has 1 heterocycles. The summed E-state index contributed by atoms with van der Waals surface area (Å²) in [5, 5.41) is 3.66. The fourth-order valence-corrected chi connectivity index (χ4v) is 3.82. The summed E-state index contributed by atoms with van der Waals surface area (Å²) < 4.78 is 0. The number of hydrogen-bond donors (Lipinski definition) is 1. The predicted octanol–water partition coefficient (Wildman–Crippen LogP) is 4.57. The average Bonchev–Trinajstić information content (AvgIpc) is 2.64. The summed E-state index contributed by atoms with van der Waals surface area (Å²) in [5.74, 6) is 0. The number of anilines is 1. The van der Waals surface area contributed by atoms with Gasteiger partial charge in [0.1, 0.15) is 0 Å². The van der Waals surface area contributed by atoms with Gasteiger partial charge in [0.05, 0.1) is 5.54 Å². The van der Waals surface area contributed by atoms with E-state index in [9.17, 15) is 0 Å². The van der Waals surface area contributed by atoms with Crippen LogP contribution >= 0.6 is 0 Å². The molecule has 1 atom stereocenters. The molecule has 0 spiro atoms. The smallest absolute Gasteiger partial charge is 0.0778 e. The molecule has 1 N–H and O–H groups in total. The van der Waals surface area contributed by atoms with E-state index < -0.39 is 0 Å². The van der Waals surface area contributed by atoms with Crippen molar-refractivity contribution in [3.63, 3.8) is 0 Å². The maximum Gasteiger partial charge on any atom is 0.0778 e. The lowest BCUT2D eigenvalue weighted by Crippen LogP contribution is -2.59. The zero-order valence-electron chi connectivity index (χ0n) is 14.2. The van der Waals surface area contributed by atoms with Gasteiger partial charge in [0.25, 0.3) is 0 Å². The molecule has 1 unspecified atom stereocenters. The Kier molecular flexibility index (Phi) is 5.35. The summed E-state index contributed by atoms with van der Waals surface area (Å²) in [5.41, 5.74) is 2.84. The zero-order chi connectivity index (χ0) is 16.0. The molecule has 0 amide bonds. The van der Waals surface area contributed by atoms with E-state index in [4.69, 9.17) is 0 Å². The van der Waals surface area contributed by atoms with Crippen molar-refractivity contribution in [2.24, 2.45) is 0 Å². The molecule has 0 aromatic heterocycles. The zero-order valence-corrected chi connectivity index (χ0v) is 14.2. The minimum Gasteiger partial charge on any atom is -0.359 e. The van der Waals surface area contributed by atoms with E-state index in [1.54, 1.807) is 0 Å². The van der Waals surface area contributed by atoms with Gasteiger partial charge >= 0.3 is 0 Å². The van der Waals surface area contributed by atoms with Gasteiger partial charge in [-0.25, -0.2) is 0 Å². The molecule has 2 aromatic rings. The van der Waals surface area contributed by atoms with Crippen LogP contribution in [0, 0.1) is 0 Å². The van der Waals surface area contributed by atoms with E-state index in [0.717, 1.165) is 19.6 Å². The Morgan fingerprint density at radius 3 is 2.35 bits per heavy atom. The van der Waals surface area contributed by atoms with Crippen LogP contribution in [-0.2, 0) is 5.54 Å². The largest absolute Gasteiger partial charge is 0.359 e. The molecule has 1 fully saturated rings. The van der Waals surface area contributed by atoms with Crippen molar-refractivity contribution in [3.05, 3.63) is 66.2 Å². The van der Waals surface area contributed by atoms with Gasteiger partial charge in [-0.3, -0.25) is 0 Å². The van der Waals surface area contributed by atoms with Crippen molar-refractivity contribution < 1.29 is 0 Å². The topological polar surface area (TPSA) is 15.3 Å². The molecule has 0 saturated carbocycles. The van der Waals surface area contributed by atoms with Crippen LogP contribution < -0.4 is 10.2 Å². The minimum absolute atomic E-state index is 0.0655. The van der Waals surface area contributed by atoms with Gasteiger partial charge in [-0.05, 0) is 24.1 Å². The van der Waals surface area contributed by atoms with Gasteiger partial charge in [0, 0.05) is 25.3 Å². The van der Waals surface area contributed by atoms with Gasteiger partial charge in [-0.2, -0.15) is 0 Å². The highest BCUT2D eigenvalue weighted by molar-refractivity contribution is 5.52. The molecule has 1 saturated heterocycles. The number of para-hydroxylation sites is 1. The number of rotatable bonds is 6. The molecule has 0 bridgehead atoms. The normalized spacial score (nSPS) is 21.3. The second-order valence-corrected chi connectivity index (χ2v) is 6.52. The van der Waals surface area contributed by atoms with E-state index in [0.29, 0.717) is 0 Å². The lowest BCUT2D eigenvalue weighted by atomic mass is 9.81. The number of nitrogens with one attached hydrogen (secondary N) is 1. The lowest BCUT2D eigenvalue weighted by molar-refractivity contribution is 0.302. The summed E-state index contributed by atoms with van der Waals surface area (Å²) >= 11 is 0. The molecule has 1 aliphatic heterocycles. The van der Waals surface area contributed by atoms with E-state index in [1.807, 2.05) is 0 Å². The number of piperazine rings is 1. The second kappa shape index (κ2) is 7.65. The maximum absolute atomic E-state index is 3.66. The van der Waals surface area contributed by atoms with Gasteiger partial charge < -0.3 is 10.2 Å². The monoisotopic (exact) mass is 308 g/mol. The van der Waals surface area contributed by atoms with Crippen LogP contribution in [0.15, 0.2) is 60.7 Å². The van der Waals surface area contributed by atoms with Gasteiger partial charge in [0.15, 0.2) is 0 Å². The number of benzene rings is 2. The second-order valence-electron chi connectivity index (χ2n) is 6.52. The summed E-state index contributed by atoms with van der Waals surface area (Å²) in [6.45, 7) is 5.42. The first-order valence-electron chi connectivity index (χ1n) is 8.96. The molecule has 23 heavy (non-hydrogen) atoms. The number of nitrogens with zero attached hydrogens (tertiary/aromatic N) is 1. The van der Waals surface area contributed by atoms with Gasteiger partial charge in [0.2, 0.25) is 0 Å².